The third-order valence-corrected chi connectivity index (χ3v) is 3.91. The van der Waals surface area contributed by atoms with E-state index in [1.54, 1.807) is 18.9 Å². The molecule has 21 heavy (non-hydrogen) atoms. The monoisotopic (exact) mass is 290 g/mol. The van der Waals surface area contributed by atoms with E-state index in [1.807, 2.05) is 38.1 Å². The average molecular weight is 290 g/mol. The molecule has 1 unspecified atom stereocenters. The Morgan fingerprint density at radius 3 is 2.76 bits per heavy atom. The SMILES string of the molecule is COC(C)(C)CC(=O)N1Cc2ccccc2NC(=O)C1C. The van der Waals surface area contributed by atoms with Crippen LogP contribution >= 0.6 is 0 Å². The second-order valence-corrected chi connectivity index (χ2v) is 5.98. The van der Waals surface area contributed by atoms with Crippen molar-refractivity contribution in [1.82, 2.24) is 4.90 Å². The molecule has 1 aliphatic rings. The Labute approximate surface area is 125 Å². The number of para-hydroxylation sites is 1. The summed E-state index contributed by atoms with van der Waals surface area (Å²) in [6.45, 7) is 5.90. The lowest BCUT2D eigenvalue weighted by Gasteiger charge is -2.30. The first-order valence-corrected chi connectivity index (χ1v) is 7.07. The van der Waals surface area contributed by atoms with Crippen LogP contribution in [0.3, 0.4) is 0 Å². The highest BCUT2D eigenvalue weighted by Gasteiger charge is 2.33. The minimum Gasteiger partial charge on any atom is -0.378 e. The summed E-state index contributed by atoms with van der Waals surface area (Å²) in [4.78, 5) is 26.4. The van der Waals surface area contributed by atoms with E-state index in [1.165, 1.54) is 0 Å². The molecule has 0 aromatic heterocycles. The summed E-state index contributed by atoms with van der Waals surface area (Å²) < 4.78 is 5.31. The molecule has 0 aliphatic carbocycles. The summed E-state index contributed by atoms with van der Waals surface area (Å²) in [5, 5.41) is 2.87. The van der Waals surface area contributed by atoms with Gasteiger partial charge < -0.3 is 15.0 Å². The zero-order valence-corrected chi connectivity index (χ0v) is 13.0. The Balaban J connectivity index is 2.26. The second-order valence-electron chi connectivity index (χ2n) is 5.98. The summed E-state index contributed by atoms with van der Waals surface area (Å²) in [5.41, 5.74) is 1.17. The topological polar surface area (TPSA) is 58.6 Å². The maximum atomic E-state index is 12.6. The minimum atomic E-state index is -0.543. The molecular formula is C16H22N2O3. The molecule has 0 fully saturated rings. The molecule has 1 aliphatic heterocycles. The van der Waals surface area contributed by atoms with Gasteiger partial charge in [-0.2, -0.15) is 0 Å². The molecule has 0 bridgehead atoms. The summed E-state index contributed by atoms with van der Waals surface area (Å²) >= 11 is 0. The Bertz CT molecular complexity index is 554. The van der Waals surface area contributed by atoms with Crippen molar-refractivity contribution in [3.8, 4) is 0 Å². The third kappa shape index (κ3) is 3.42. The Morgan fingerprint density at radius 2 is 2.10 bits per heavy atom. The number of anilines is 1. The molecule has 1 aromatic carbocycles. The third-order valence-electron chi connectivity index (χ3n) is 3.91. The van der Waals surface area contributed by atoms with Gasteiger partial charge in [-0.15, -0.1) is 0 Å². The Morgan fingerprint density at radius 1 is 1.43 bits per heavy atom. The number of amides is 2. The van der Waals surface area contributed by atoms with Crippen LogP contribution in [0.5, 0.6) is 0 Å². The number of nitrogens with zero attached hydrogens (tertiary/aromatic N) is 1. The largest absolute Gasteiger partial charge is 0.378 e. The van der Waals surface area contributed by atoms with Crippen molar-refractivity contribution >= 4 is 17.5 Å². The molecule has 0 saturated heterocycles. The molecule has 5 heteroatoms. The van der Waals surface area contributed by atoms with Gasteiger partial charge in [0.05, 0.1) is 12.0 Å². The van der Waals surface area contributed by atoms with Crippen LogP contribution in [-0.4, -0.2) is 35.5 Å². The summed E-state index contributed by atoms with van der Waals surface area (Å²) in [6, 6.07) is 7.05. The molecule has 0 spiro atoms. The van der Waals surface area contributed by atoms with Gasteiger partial charge >= 0.3 is 0 Å². The van der Waals surface area contributed by atoms with Crippen molar-refractivity contribution in [2.45, 2.75) is 45.4 Å². The van der Waals surface area contributed by atoms with Crippen molar-refractivity contribution in [2.24, 2.45) is 0 Å². The van der Waals surface area contributed by atoms with Crippen molar-refractivity contribution in [3.63, 3.8) is 0 Å². The zero-order chi connectivity index (χ0) is 15.6. The number of hydrogen-bond acceptors (Lipinski definition) is 3. The molecule has 1 atom stereocenters. The van der Waals surface area contributed by atoms with E-state index in [-0.39, 0.29) is 18.2 Å². The average Bonchev–Trinajstić information content (AvgIpc) is 2.56. The predicted octanol–water partition coefficient (Wildman–Crippen LogP) is 2.17. The lowest BCUT2D eigenvalue weighted by Crippen LogP contribution is -2.45. The van der Waals surface area contributed by atoms with E-state index in [4.69, 9.17) is 4.74 Å². The van der Waals surface area contributed by atoms with Crippen LogP contribution < -0.4 is 5.32 Å². The summed E-state index contributed by atoms with van der Waals surface area (Å²) in [7, 11) is 1.58. The first kappa shape index (κ1) is 15.5. The molecule has 1 aromatic rings. The maximum Gasteiger partial charge on any atom is 0.246 e. The highest BCUT2D eigenvalue weighted by Crippen LogP contribution is 2.25. The fraction of sp³-hybridized carbons (Fsp3) is 0.500. The number of benzene rings is 1. The molecule has 1 N–H and O–H groups in total. The number of carbonyl (C=O) groups excluding carboxylic acids is 2. The highest BCUT2D eigenvalue weighted by atomic mass is 16.5. The summed E-state index contributed by atoms with van der Waals surface area (Å²) in [6.07, 6.45) is 0.239. The van der Waals surface area contributed by atoms with Crippen LogP contribution in [0, 0.1) is 0 Å². The fourth-order valence-corrected chi connectivity index (χ4v) is 2.32. The Kier molecular flexibility index (Phi) is 4.32. The summed E-state index contributed by atoms with van der Waals surface area (Å²) in [5.74, 6) is -0.246. The minimum absolute atomic E-state index is 0.0822. The number of fused-ring (bicyclic) bond motifs is 1. The highest BCUT2D eigenvalue weighted by molar-refractivity contribution is 5.98. The lowest BCUT2D eigenvalue weighted by atomic mass is 10.0. The van der Waals surface area contributed by atoms with E-state index in [2.05, 4.69) is 5.32 Å². The van der Waals surface area contributed by atoms with Gasteiger partial charge in [0.15, 0.2) is 0 Å². The van der Waals surface area contributed by atoms with Gasteiger partial charge in [0, 0.05) is 19.3 Å². The molecule has 0 saturated carbocycles. The molecule has 1 heterocycles. The van der Waals surface area contributed by atoms with E-state index in [0.717, 1.165) is 11.3 Å². The number of carbonyl (C=O) groups is 2. The zero-order valence-electron chi connectivity index (χ0n) is 13.0. The van der Waals surface area contributed by atoms with Crippen LogP contribution in [0.2, 0.25) is 0 Å². The number of methoxy groups -OCH3 is 1. The smallest absolute Gasteiger partial charge is 0.246 e. The number of hydrogen-bond donors (Lipinski definition) is 1. The molecule has 2 rings (SSSR count). The molecule has 2 amide bonds. The van der Waals surface area contributed by atoms with Crippen LogP contribution in [0.25, 0.3) is 0 Å². The normalized spacial score (nSPS) is 18.8. The number of nitrogens with one attached hydrogen (secondary N) is 1. The van der Waals surface area contributed by atoms with Crippen LogP contribution in [0.1, 0.15) is 32.8 Å². The predicted molar refractivity (Wildman–Crippen MR) is 80.8 cm³/mol. The van der Waals surface area contributed by atoms with E-state index in [0.29, 0.717) is 6.54 Å². The second kappa shape index (κ2) is 5.85. The van der Waals surface area contributed by atoms with Gasteiger partial charge in [-0.1, -0.05) is 18.2 Å². The standard InChI is InChI=1S/C16H22N2O3/c1-11-15(20)17-13-8-6-5-7-12(13)10-18(11)14(19)9-16(2,3)21-4/h5-8,11H,9-10H2,1-4H3,(H,17,20). The quantitative estimate of drug-likeness (QED) is 0.928. The van der Waals surface area contributed by atoms with Crippen LogP contribution in [0.15, 0.2) is 24.3 Å². The molecule has 114 valence electrons. The molecular weight excluding hydrogens is 268 g/mol. The number of ether oxygens (including phenoxy) is 1. The van der Waals surface area contributed by atoms with Gasteiger partial charge in [0.25, 0.3) is 0 Å². The van der Waals surface area contributed by atoms with Crippen LogP contribution in [-0.2, 0) is 20.9 Å². The van der Waals surface area contributed by atoms with Gasteiger partial charge in [-0.25, -0.2) is 0 Å². The fourth-order valence-electron chi connectivity index (χ4n) is 2.32. The van der Waals surface area contributed by atoms with Crippen molar-refractivity contribution in [2.75, 3.05) is 12.4 Å². The van der Waals surface area contributed by atoms with Crippen LogP contribution in [0.4, 0.5) is 5.69 Å². The lowest BCUT2D eigenvalue weighted by molar-refractivity contribution is -0.142. The first-order valence-electron chi connectivity index (χ1n) is 7.07. The van der Waals surface area contributed by atoms with Gasteiger partial charge in [0.2, 0.25) is 11.8 Å². The molecule has 5 nitrogen and oxygen atoms in total. The van der Waals surface area contributed by atoms with E-state index in [9.17, 15) is 9.59 Å². The van der Waals surface area contributed by atoms with Crippen molar-refractivity contribution in [1.29, 1.82) is 0 Å². The Hall–Kier alpha value is -1.88. The maximum absolute atomic E-state index is 12.6. The number of rotatable bonds is 3. The van der Waals surface area contributed by atoms with Crippen molar-refractivity contribution < 1.29 is 14.3 Å². The first-order chi connectivity index (χ1) is 9.84. The van der Waals surface area contributed by atoms with Gasteiger partial charge in [-0.05, 0) is 32.4 Å². The van der Waals surface area contributed by atoms with E-state index < -0.39 is 11.6 Å². The van der Waals surface area contributed by atoms with Crippen molar-refractivity contribution in [3.05, 3.63) is 29.8 Å². The van der Waals surface area contributed by atoms with E-state index >= 15 is 0 Å². The van der Waals surface area contributed by atoms with Gasteiger partial charge in [0.1, 0.15) is 6.04 Å². The molecule has 0 radical (unpaired) electrons. The van der Waals surface area contributed by atoms with Gasteiger partial charge in [-0.3, -0.25) is 9.59 Å².